The topological polar surface area (TPSA) is 69.9 Å². The molecule has 1 aromatic heterocycles. The van der Waals surface area contributed by atoms with Crippen LogP contribution in [-0.4, -0.2) is 23.8 Å². The van der Waals surface area contributed by atoms with E-state index in [2.05, 4.69) is 4.99 Å². The van der Waals surface area contributed by atoms with Gasteiger partial charge in [-0.2, -0.15) is 0 Å². The van der Waals surface area contributed by atoms with Gasteiger partial charge in [0.2, 0.25) is 0 Å². The molecule has 0 amide bonds. The zero-order chi connectivity index (χ0) is 23.7. The van der Waals surface area contributed by atoms with E-state index in [-0.39, 0.29) is 11.7 Å². The Kier molecular flexibility index (Phi) is 6.54. The first-order valence-electron chi connectivity index (χ1n) is 10.4. The van der Waals surface area contributed by atoms with E-state index < -0.39 is 12.0 Å². The Bertz CT molecular complexity index is 1400. The molecule has 170 valence electrons. The van der Waals surface area contributed by atoms with Crippen LogP contribution in [0.2, 0.25) is 5.02 Å². The maximum absolute atomic E-state index is 13.5. The van der Waals surface area contributed by atoms with Gasteiger partial charge in [-0.1, -0.05) is 47.2 Å². The van der Waals surface area contributed by atoms with Crippen LogP contribution in [0.15, 0.2) is 69.6 Å². The second-order valence-electron chi connectivity index (χ2n) is 7.86. The van der Waals surface area contributed by atoms with E-state index >= 15 is 0 Å². The van der Waals surface area contributed by atoms with Crippen molar-refractivity contribution < 1.29 is 14.3 Å². The van der Waals surface area contributed by atoms with E-state index in [1.807, 2.05) is 42.5 Å². The van der Waals surface area contributed by atoms with Crippen LogP contribution in [0.3, 0.4) is 0 Å². The predicted octanol–water partition coefficient (Wildman–Crippen LogP) is 3.85. The number of hydrogen-bond acceptors (Lipinski definition) is 6. The van der Waals surface area contributed by atoms with E-state index in [0.717, 1.165) is 16.9 Å². The number of benzene rings is 2. The maximum atomic E-state index is 13.5. The average Bonchev–Trinajstić information content (AvgIpc) is 3.08. The summed E-state index contributed by atoms with van der Waals surface area (Å²) in [4.78, 5) is 31.7. The normalized spacial score (nSPS) is 15.9. The maximum Gasteiger partial charge on any atom is 0.338 e. The van der Waals surface area contributed by atoms with Crippen molar-refractivity contribution in [1.29, 1.82) is 0 Å². The molecule has 4 rings (SSSR count). The van der Waals surface area contributed by atoms with Crippen molar-refractivity contribution in [3.63, 3.8) is 0 Å². The van der Waals surface area contributed by atoms with Gasteiger partial charge in [0.1, 0.15) is 5.75 Å². The molecule has 0 aliphatic carbocycles. The number of thiazole rings is 1. The van der Waals surface area contributed by atoms with Crippen molar-refractivity contribution in [2.24, 2.45) is 4.99 Å². The molecule has 33 heavy (non-hydrogen) atoms. The van der Waals surface area contributed by atoms with Crippen LogP contribution in [-0.2, 0) is 9.53 Å². The lowest BCUT2D eigenvalue weighted by atomic mass is 9.96. The fourth-order valence-electron chi connectivity index (χ4n) is 3.67. The molecule has 1 aliphatic rings. The largest absolute Gasteiger partial charge is 0.497 e. The molecular weight excluding hydrogens is 460 g/mol. The lowest BCUT2D eigenvalue weighted by molar-refractivity contribution is -0.143. The van der Waals surface area contributed by atoms with Gasteiger partial charge in [-0.25, -0.2) is 9.79 Å². The Balaban J connectivity index is 1.91. The zero-order valence-corrected chi connectivity index (χ0v) is 20.2. The van der Waals surface area contributed by atoms with Gasteiger partial charge < -0.3 is 9.47 Å². The van der Waals surface area contributed by atoms with Gasteiger partial charge >= 0.3 is 5.97 Å². The van der Waals surface area contributed by atoms with E-state index in [1.54, 1.807) is 44.6 Å². The number of hydrogen-bond donors (Lipinski definition) is 0. The van der Waals surface area contributed by atoms with Crippen molar-refractivity contribution in [3.8, 4) is 5.75 Å². The molecule has 6 nitrogen and oxygen atoms in total. The predicted molar refractivity (Wildman–Crippen MR) is 129 cm³/mol. The first-order chi connectivity index (χ1) is 15.8. The average molecular weight is 483 g/mol. The highest BCUT2D eigenvalue weighted by Crippen LogP contribution is 2.31. The molecule has 3 aromatic rings. The van der Waals surface area contributed by atoms with Crippen molar-refractivity contribution in [2.45, 2.75) is 32.9 Å². The third-order valence-electron chi connectivity index (χ3n) is 5.18. The van der Waals surface area contributed by atoms with Crippen molar-refractivity contribution in [3.05, 3.63) is 95.6 Å². The molecule has 1 unspecified atom stereocenters. The summed E-state index contributed by atoms with van der Waals surface area (Å²) in [5.41, 5.74) is 2.25. The Morgan fingerprint density at radius 3 is 2.42 bits per heavy atom. The molecule has 0 saturated carbocycles. The second kappa shape index (κ2) is 9.37. The van der Waals surface area contributed by atoms with E-state index in [0.29, 0.717) is 25.6 Å². The van der Waals surface area contributed by atoms with Crippen LogP contribution < -0.4 is 19.6 Å². The van der Waals surface area contributed by atoms with Gasteiger partial charge in [0.25, 0.3) is 5.56 Å². The van der Waals surface area contributed by atoms with Crippen LogP contribution in [0, 0.1) is 0 Å². The lowest BCUT2D eigenvalue weighted by Crippen LogP contribution is -2.40. The van der Waals surface area contributed by atoms with Gasteiger partial charge in [0, 0.05) is 5.02 Å². The quantitative estimate of drug-likeness (QED) is 0.518. The molecule has 0 saturated heterocycles. The van der Waals surface area contributed by atoms with Gasteiger partial charge in [-0.3, -0.25) is 9.36 Å². The van der Waals surface area contributed by atoms with Gasteiger partial charge in [0.15, 0.2) is 4.80 Å². The number of carbonyl (C=O) groups is 1. The van der Waals surface area contributed by atoms with Gasteiger partial charge in [-0.15, -0.1) is 0 Å². The summed E-state index contributed by atoms with van der Waals surface area (Å²) < 4.78 is 12.8. The summed E-state index contributed by atoms with van der Waals surface area (Å²) in [7, 11) is 1.61. The molecule has 1 atom stereocenters. The number of carbonyl (C=O) groups excluding carboxylic acids is 1. The number of fused-ring (bicyclic) bond motifs is 1. The van der Waals surface area contributed by atoms with Crippen LogP contribution in [0.4, 0.5) is 0 Å². The monoisotopic (exact) mass is 482 g/mol. The number of halogens is 1. The highest BCUT2D eigenvalue weighted by atomic mass is 35.5. The number of esters is 1. The molecule has 1 aliphatic heterocycles. The Hall–Kier alpha value is -3.16. The Morgan fingerprint density at radius 2 is 1.82 bits per heavy atom. The summed E-state index contributed by atoms with van der Waals surface area (Å²) in [6.45, 7) is 5.34. The minimum absolute atomic E-state index is 0.225. The fraction of sp³-hybridized carbons (Fsp3) is 0.240. The number of rotatable bonds is 5. The highest BCUT2D eigenvalue weighted by molar-refractivity contribution is 7.07. The number of methoxy groups -OCH3 is 1. The number of ether oxygens (including phenoxy) is 2. The molecule has 0 spiro atoms. The van der Waals surface area contributed by atoms with Crippen LogP contribution in [0.1, 0.15) is 37.9 Å². The van der Waals surface area contributed by atoms with Crippen molar-refractivity contribution >= 4 is 35.0 Å². The van der Waals surface area contributed by atoms with Gasteiger partial charge in [0.05, 0.1) is 35.1 Å². The lowest BCUT2D eigenvalue weighted by Gasteiger charge is -2.25. The second-order valence-corrected chi connectivity index (χ2v) is 9.31. The summed E-state index contributed by atoms with van der Waals surface area (Å²) in [5.74, 6) is 0.246. The number of aromatic nitrogens is 1. The van der Waals surface area contributed by atoms with Gasteiger partial charge in [-0.05, 0) is 62.2 Å². The summed E-state index contributed by atoms with van der Waals surface area (Å²) >= 11 is 7.38. The summed E-state index contributed by atoms with van der Waals surface area (Å²) in [6, 6.07) is 13.9. The number of allylic oxidation sites excluding steroid dienone is 1. The molecular formula is C25H23ClN2O4S. The molecule has 0 fully saturated rings. The fourth-order valence-corrected chi connectivity index (χ4v) is 4.84. The first-order valence-corrected chi connectivity index (χ1v) is 11.6. The highest BCUT2D eigenvalue weighted by Gasteiger charge is 2.33. The molecule has 2 heterocycles. The molecule has 0 bridgehead atoms. The molecule has 8 heteroatoms. The van der Waals surface area contributed by atoms with Crippen molar-refractivity contribution in [2.75, 3.05) is 7.11 Å². The van der Waals surface area contributed by atoms with E-state index in [4.69, 9.17) is 21.1 Å². The van der Waals surface area contributed by atoms with E-state index in [9.17, 15) is 9.59 Å². The first kappa shape index (κ1) is 23.0. The molecule has 0 radical (unpaired) electrons. The minimum atomic E-state index is -0.664. The Morgan fingerprint density at radius 1 is 1.15 bits per heavy atom. The van der Waals surface area contributed by atoms with Crippen LogP contribution >= 0.6 is 22.9 Å². The smallest absolute Gasteiger partial charge is 0.338 e. The Labute approximate surface area is 200 Å². The summed E-state index contributed by atoms with van der Waals surface area (Å²) in [6.07, 6.45) is 1.51. The van der Waals surface area contributed by atoms with Crippen LogP contribution in [0.25, 0.3) is 6.08 Å². The standard InChI is InChI=1S/C25H23ClN2O4S/c1-14(2)32-24(30)21-15(3)27-25-28(22(21)17-7-9-18(26)10-8-17)23(29)20(33-25)13-16-5-11-19(31-4)12-6-16/h5-14,22H,1-4H3/b20-13-. The van der Waals surface area contributed by atoms with Crippen molar-refractivity contribution in [1.82, 2.24) is 4.57 Å². The van der Waals surface area contributed by atoms with E-state index in [1.165, 1.54) is 11.3 Å². The summed E-state index contributed by atoms with van der Waals surface area (Å²) in [5, 5.41) is 0.567. The molecule has 2 aromatic carbocycles. The zero-order valence-electron chi connectivity index (χ0n) is 18.7. The van der Waals surface area contributed by atoms with Crippen LogP contribution in [0.5, 0.6) is 5.75 Å². The SMILES string of the molecule is COc1ccc(/C=c2\sc3n(c2=O)C(c2ccc(Cl)cc2)C(C(=O)OC(C)C)=C(C)N=3)cc1. The minimum Gasteiger partial charge on any atom is -0.497 e. The number of nitrogens with zero attached hydrogens (tertiary/aromatic N) is 2. The third kappa shape index (κ3) is 4.65. The third-order valence-corrected chi connectivity index (χ3v) is 6.42. The molecule has 0 N–H and O–H groups in total.